The molecule has 0 radical (unpaired) electrons. The highest BCUT2D eigenvalue weighted by Crippen LogP contribution is 2.27. The number of H-pyrrole nitrogens is 1. The van der Waals surface area contributed by atoms with E-state index in [0.29, 0.717) is 30.7 Å². The molecule has 10 heteroatoms. The molecule has 0 spiro atoms. The summed E-state index contributed by atoms with van der Waals surface area (Å²) in [6.07, 6.45) is 2.26. The van der Waals surface area contributed by atoms with Crippen molar-refractivity contribution in [1.82, 2.24) is 39.3 Å². The predicted molar refractivity (Wildman–Crippen MR) is 133 cm³/mol. The van der Waals surface area contributed by atoms with Crippen LogP contribution in [-0.4, -0.2) is 39.3 Å². The van der Waals surface area contributed by atoms with Crippen molar-refractivity contribution in [1.29, 1.82) is 0 Å². The molecule has 0 aliphatic carbocycles. The average molecular weight is 471 g/mol. The first kappa shape index (κ1) is 22.5. The van der Waals surface area contributed by atoms with Gasteiger partial charge in [0.2, 0.25) is 0 Å². The number of imidazole rings is 1. The van der Waals surface area contributed by atoms with Crippen molar-refractivity contribution >= 4 is 11.2 Å². The number of aromatic nitrogens is 8. The molecule has 35 heavy (non-hydrogen) atoms. The molecule has 3 aromatic heterocycles. The first-order chi connectivity index (χ1) is 17.0. The minimum atomic E-state index is -0.421. The summed E-state index contributed by atoms with van der Waals surface area (Å²) in [7, 11) is 0. The molecule has 1 N–H and O–H groups in total. The molecular weight excluding hydrogens is 444 g/mol. The fourth-order valence-corrected chi connectivity index (χ4v) is 4.35. The Morgan fingerprint density at radius 3 is 2.46 bits per heavy atom. The van der Waals surface area contributed by atoms with Crippen LogP contribution in [0, 0.1) is 0 Å². The Morgan fingerprint density at radius 2 is 1.77 bits per heavy atom. The number of nitrogens with zero attached hydrogens (tertiary/aromatic N) is 7. The third-order valence-electron chi connectivity index (χ3n) is 5.98. The minimum absolute atomic E-state index is 0.0763. The summed E-state index contributed by atoms with van der Waals surface area (Å²) in [5, 5.41) is 11.5. The van der Waals surface area contributed by atoms with Crippen LogP contribution in [0.2, 0.25) is 0 Å². The van der Waals surface area contributed by atoms with Crippen molar-refractivity contribution in [3.63, 3.8) is 0 Å². The normalized spacial score (nSPS) is 11.5. The third-order valence-corrected chi connectivity index (χ3v) is 5.98. The van der Waals surface area contributed by atoms with E-state index < -0.39 is 5.69 Å². The molecule has 0 atom stereocenters. The lowest BCUT2D eigenvalue weighted by atomic mass is 10.0. The largest absolute Gasteiger partial charge is 0.330 e. The fraction of sp³-hybridized carbons (Fsp3) is 0.280. The Hall–Kier alpha value is -4.34. The van der Waals surface area contributed by atoms with Crippen LogP contribution in [0.1, 0.15) is 44.5 Å². The highest BCUT2D eigenvalue weighted by Gasteiger charge is 2.20. The second-order valence-corrected chi connectivity index (χ2v) is 8.76. The van der Waals surface area contributed by atoms with Gasteiger partial charge < -0.3 is 4.57 Å². The minimum Gasteiger partial charge on any atom is -0.317 e. The van der Waals surface area contributed by atoms with Gasteiger partial charge in [-0.1, -0.05) is 63.2 Å². The van der Waals surface area contributed by atoms with Crippen molar-refractivity contribution in [2.45, 2.75) is 46.2 Å². The lowest BCUT2D eigenvalue weighted by molar-refractivity contribution is 0.617. The molecule has 5 rings (SSSR count). The van der Waals surface area contributed by atoms with Crippen molar-refractivity contribution < 1.29 is 0 Å². The van der Waals surface area contributed by atoms with Crippen molar-refractivity contribution in [3.8, 4) is 16.8 Å². The van der Waals surface area contributed by atoms with Gasteiger partial charge in [-0.05, 0) is 34.0 Å². The molecule has 0 bridgehead atoms. The van der Waals surface area contributed by atoms with Crippen LogP contribution >= 0.6 is 0 Å². The van der Waals surface area contributed by atoms with E-state index in [1.165, 1.54) is 4.57 Å². The highest BCUT2D eigenvalue weighted by molar-refractivity contribution is 5.73. The Bertz CT molecular complexity index is 1590. The van der Waals surface area contributed by atoms with E-state index in [-0.39, 0.29) is 11.5 Å². The molecular formula is C25H26N8O2. The number of hydrogen-bond acceptors (Lipinski definition) is 6. The summed E-state index contributed by atoms with van der Waals surface area (Å²) in [6, 6.07) is 16.1. The van der Waals surface area contributed by atoms with Gasteiger partial charge in [-0.3, -0.25) is 14.3 Å². The van der Waals surface area contributed by atoms with E-state index >= 15 is 0 Å². The maximum Gasteiger partial charge on any atom is 0.330 e. The molecule has 0 aliphatic rings. The van der Waals surface area contributed by atoms with Gasteiger partial charge in [-0.25, -0.2) is 9.78 Å². The van der Waals surface area contributed by atoms with Crippen LogP contribution in [0.3, 0.4) is 0 Å². The summed E-state index contributed by atoms with van der Waals surface area (Å²) in [6.45, 7) is 6.82. The van der Waals surface area contributed by atoms with E-state index in [2.05, 4.69) is 25.5 Å². The van der Waals surface area contributed by atoms with Gasteiger partial charge in [-0.15, -0.1) is 5.10 Å². The molecule has 0 saturated carbocycles. The molecule has 178 valence electrons. The van der Waals surface area contributed by atoms with Gasteiger partial charge >= 0.3 is 5.69 Å². The van der Waals surface area contributed by atoms with Crippen molar-refractivity contribution in [3.05, 3.63) is 87.1 Å². The van der Waals surface area contributed by atoms with Gasteiger partial charge in [0.25, 0.3) is 5.56 Å². The first-order valence-corrected chi connectivity index (χ1v) is 11.6. The van der Waals surface area contributed by atoms with Crippen LogP contribution in [0.4, 0.5) is 0 Å². The molecule has 0 saturated heterocycles. The van der Waals surface area contributed by atoms with Gasteiger partial charge in [-0.2, -0.15) is 4.68 Å². The fourth-order valence-electron chi connectivity index (χ4n) is 4.35. The van der Waals surface area contributed by atoms with Crippen molar-refractivity contribution in [2.24, 2.45) is 0 Å². The number of fused-ring (bicyclic) bond motifs is 1. The maximum absolute atomic E-state index is 13.2. The summed E-state index contributed by atoms with van der Waals surface area (Å²) >= 11 is 0. The van der Waals surface area contributed by atoms with Crippen LogP contribution in [-0.2, 0) is 13.1 Å². The highest BCUT2D eigenvalue weighted by atomic mass is 16.2. The molecule has 0 unspecified atom stereocenters. The summed E-state index contributed by atoms with van der Waals surface area (Å²) < 4.78 is 4.82. The molecule has 10 nitrogen and oxygen atoms in total. The van der Waals surface area contributed by atoms with Gasteiger partial charge in [0.05, 0.1) is 5.69 Å². The number of aromatic amines is 1. The lowest BCUT2D eigenvalue weighted by Gasteiger charge is -2.13. The average Bonchev–Trinajstić information content (AvgIpc) is 3.51. The van der Waals surface area contributed by atoms with Gasteiger partial charge in [0, 0.05) is 24.6 Å². The molecule has 0 fully saturated rings. The topological polar surface area (TPSA) is 116 Å². The number of rotatable bonds is 7. The lowest BCUT2D eigenvalue weighted by Crippen LogP contribution is -2.35. The van der Waals surface area contributed by atoms with E-state index in [9.17, 15) is 9.59 Å². The Labute approximate surface area is 200 Å². The maximum atomic E-state index is 13.2. The second-order valence-electron chi connectivity index (χ2n) is 8.76. The zero-order valence-electron chi connectivity index (χ0n) is 19.8. The number of nitrogens with one attached hydrogen (secondary N) is 1. The molecule has 0 amide bonds. The zero-order valence-corrected chi connectivity index (χ0v) is 19.8. The van der Waals surface area contributed by atoms with Crippen LogP contribution in [0.15, 0.2) is 64.4 Å². The second kappa shape index (κ2) is 9.13. The van der Waals surface area contributed by atoms with Crippen LogP contribution in [0.5, 0.6) is 0 Å². The Morgan fingerprint density at radius 1 is 1.00 bits per heavy atom. The number of benzene rings is 2. The van der Waals surface area contributed by atoms with E-state index in [4.69, 9.17) is 0 Å². The third kappa shape index (κ3) is 4.07. The molecule has 2 aromatic carbocycles. The molecule has 0 aliphatic heterocycles. The van der Waals surface area contributed by atoms with E-state index in [1.807, 2.05) is 73.9 Å². The van der Waals surface area contributed by atoms with Crippen molar-refractivity contribution in [2.75, 3.05) is 0 Å². The summed E-state index contributed by atoms with van der Waals surface area (Å²) in [4.78, 5) is 33.1. The van der Waals surface area contributed by atoms with Crippen LogP contribution < -0.4 is 11.2 Å². The van der Waals surface area contributed by atoms with E-state index in [1.54, 1.807) is 11.0 Å². The molecule has 3 heterocycles. The van der Waals surface area contributed by atoms with Gasteiger partial charge in [0.15, 0.2) is 11.2 Å². The number of para-hydroxylation sites is 1. The van der Waals surface area contributed by atoms with Crippen LogP contribution in [0.25, 0.3) is 28.0 Å². The zero-order chi connectivity index (χ0) is 24.5. The molecule has 5 aromatic rings. The SMILES string of the molecule is CCCn1c(=O)[nH]c2nc(C(C)C)n(Cc3ccc(-c4ccccc4-n4cnnn4)cc3)c2c1=O. The van der Waals surface area contributed by atoms with Gasteiger partial charge in [0.1, 0.15) is 12.2 Å². The quantitative estimate of drug-likeness (QED) is 0.391. The Balaban J connectivity index is 1.55. The predicted octanol–water partition coefficient (Wildman–Crippen LogP) is 3.11. The smallest absolute Gasteiger partial charge is 0.317 e. The number of tetrazole rings is 1. The summed E-state index contributed by atoms with van der Waals surface area (Å²) in [5.41, 5.74) is 3.96. The summed E-state index contributed by atoms with van der Waals surface area (Å²) in [5.74, 6) is 0.836. The first-order valence-electron chi connectivity index (χ1n) is 11.6. The Kier molecular flexibility index (Phi) is 5.86. The van der Waals surface area contributed by atoms with E-state index in [0.717, 1.165) is 28.2 Å². The number of hydrogen-bond donors (Lipinski definition) is 1. The standard InChI is InChI=1S/C25H26N8O2/c1-4-13-31-24(34)21-22(28-25(31)35)27-23(16(2)3)32(21)14-17-9-11-18(12-10-17)19-7-5-6-8-20(19)33-15-26-29-30-33/h5-12,15-16H,4,13-14H2,1-3H3,(H,28,35). The monoisotopic (exact) mass is 470 g/mol.